The molecule has 0 aliphatic heterocycles. The molecule has 22 heavy (non-hydrogen) atoms. The number of anilines is 2. The Morgan fingerprint density at radius 2 is 1.73 bits per heavy atom. The lowest BCUT2D eigenvalue weighted by molar-refractivity contribution is -0.118. The van der Waals surface area contributed by atoms with Crippen LogP contribution in [0.25, 0.3) is 0 Å². The van der Waals surface area contributed by atoms with Crippen molar-refractivity contribution in [3.8, 4) is 11.5 Å². The maximum Gasteiger partial charge on any atom is 0.262 e. The summed E-state index contributed by atoms with van der Waals surface area (Å²) in [4.78, 5) is 11.9. The Morgan fingerprint density at radius 3 is 2.32 bits per heavy atom. The van der Waals surface area contributed by atoms with Gasteiger partial charge in [-0.25, -0.2) is 0 Å². The highest BCUT2D eigenvalue weighted by Crippen LogP contribution is 2.19. The van der Waals surface area contributed by atoms with Gasteiger partial charge >= 0.3 is 0 Å². The van der Waals surface area contributed by atoms with E-state index in [1.54, 1.807) is 36.4 Å². The number of ether oxygens (including phenoxy) is 2. The first-order valence-electron chi connectivity index (χ1n) is 7.10. The second-order valence-electron chi connectivity index (χ2n) is 4.82. The standard InChI is InChI=1S/C17H20N2O3/c1-3-21-14-5-7-15(8-6-14)22-11-17(20)19-16-9-4-13(18)10-12(16)2/h4-10H,3,11,18H2,1-2H3,(H,19,20). The molecule has 0 radical (unpaired) electrons. The second kappa shape index (κ2) is 7.36. The van der Waals surface area contributed by atoms with Gasteiger partial charge in [0.05, 0.1) is 6.61 Å². The predicted molar refractivity (Wildman–Crippen MR) is 87.3 cm³/mol. The van der Waals surface area contributed by atoms with Crippen LogP contribution < -0.4 is 20.5 Å². The molecule has 0 saturated heterocycles. The van der Waals surface area contributed by atoms with Gasteiger partial charge in [-0.3, -0.25) is 4.79 Å². The van der Waals surface area contributed by atoms with Crippen molar-refractivity contribution in [3.05, 3.63) is 48.0 Å². The molecule has 0 fully saturated rings. The molecule has 116 valence electrons. The summed E-state index contributed by atoms with van der Waals surface area (Å²) in [5.74, 6) is 1.17. The zero-order valence-corrected chi connectivity index (χ0v) is 12.8. The number of nitrogens with two attached hydrogens (primary N) is 1. The first-order valence-corrected chi connectivity index (χ1v) is 7.10. The molecule has 0 heterocycles. The number of rotatable bonds is 6. The van der Waals surface area contributed by atoms with Gasteiger partial charge in [0, 0.05) is 11.4 Å². The first-order chi connectivity index (χ1) is 10.6. The SMILES string of the molecule is CCOc1ccc(OCC(=O)Nc2ccc(N)cc2C)cc1. The summed E-state index contributed by atoms with van der Waals surface area (Å²) in [7, 11) is 0. The molecule has 0 bridgehead atoms. The van der Waals surface area contributed by atoms with Crippen molar-refractivity contribution in [2.45, 2.75) is 13.8 Å². The van der Waals surface area contributed by atoms with Gasteiger partial charge in [-0.05, 0) is 61.9 Å². The number of amides is 1. The molecule has 0 spiro atoms. The van der Waals surface area contributed by atoms with Crippen LogP contribution in [0.2, 0.25) is 0 Å². The number of carbonyl (C=O) groups excluding carboxylic acids is 1. The third-order valence-electron chi connectivity index (χ3n) is 3.03. The predicted octanol–water partition coefficient (Wildman–Crippen LogP) is 2.99. The average Bonchev–Trinajstić information content (AvgIpc) is 2.50. The van der Waals surface area contributed by atoms with Crippen LogP contribution in [0, 0.1) is 6.92 Å². The normalized spacial score (nSPS) is 10.1. The van der Waals surface area contributed by atoms with Gasteiger partial charge in [0.25, 0.3) is 5.91 Å². The van der Waals surface area contributed by atoms with Crippen molar-refractivity contribution >= 4 is 17.3 Å². The van der Waals surface area contributed by atoms with Crippen molar-refractivity contribution in [2.75, 3.05) is 24.3 Å². The minimum absolute atomic E-state index is 0.0577. The Bertz CT molecular complexity index is 639. The summed E-state index contributed by atoms with van der Waals surface area (Å²) >= 11 is 0. The number of nitrogen functional groups attached to an aromatic ring is 1. The van der Waals surface area contributed by atoms with Gasteiger partial charge in [0.2, 0.25) is 0 Å². The number of hydrogen-bond acceptors (Lipinski definition) is 4. The summed E-state index contributed by atoms with van der Waals surface area (Å²) in [6, 6.07) is 12.5. The molecule has 0 unspecified atom stereocenters. The smallest absolute Gasteiger partial charge is 0.262 e. The summed E-state index contributed by atoms with van der Waals surface area (Å²) < 4.78 is 10.8. The lowest BCUT2D eigenvalue weighted by atomic mass is 10.2. The van der Waals surface area contributed by atoms with Crippen molar-refractivity contribution < 1.29 is 14.3 Å². The van der Waals surface area contributed by atoms with Crippen LogP contribution in [0.5, 0.6) is 11.5 Å². The summed E-state index contributed by atoms with van der Waals surface area (Å²) in [5, 5.41) is 2.80. The highest BCUT2D eigenvalue weighted by Gasteiger charge is 2.06. The highest BCUT2D eigenvalue weighted by atomic mass is 16.5. The lowest BCUT2D eigenvalue weighted by Crippen LogP contribution is -2.20. The van der Waals surface area contributed by atoms with Gasteiger partial charge in [-0.2, -0.15) is 0 Å². The summed E-state index contributed by atoms with van der Waals surface area (Å²) in [5.41, 5.74) is 7.99. The van der Waals surface area contributed by atoms with E-state index >= 15 is 0 Å². The van der Waals surface area contributed by atoms with E-state index in [-0.39, 0.29) is 12.5 Å². The quantitative estimate of drug-likeness (QED) is 0.804. The van der Waals surface area contributed by atoms with E-state index in [0.29, 0.717) is 18.0 Å². The molecule has 0 atom stereocenters. The van der Waals surface area contributed by atoms with Crippen molar-refractivity contribution in [2.24, 2.45) is 0 Å². The zero-order valence-electron chi connectivity index (χ0n) is 12.8. The first kappa shape index (κ1) is 15.7. The Hall–Kier alpha value is -2.69. The monoisotopic (exact) mass is 300 g/mol. The van der Waals surface area contributed by atoms with E-state index in [1.165, 1.54) is 0 Å². The molecule has 2 rings (SSSR count). The Labute approximate surface area is 130 Å². The topological polar surface area (TPSA) is 73.6 Å². The highest BCUT2D eigenvalue weighted by molar-refractivity contribution is 5.92. The Balaban J connectivity index is 1.87. The van der Waals surface area contributed by atoms with Crippen LogP contribution >= 0.6 is 0 Å². The largest absolute Gasteiger partial charge is 0.494 e. The van der Waals surface area contributed by atoms with Gasteiger partial charge in [0.1, 0.15) is 11.5 Å². The molecular formula is C17H20N2O3. The third kappa shape index (κ3) is 4.41. The minimum Gasteiger partial charge on any atom is -0.494 e. The van der Waals surface area contributed by atoms with Crippen molar-refractivity contribution in [1.29, 1.82) is 0 Å². The van der Waals surface area contributed by atoms with Crippen LogP contribution in [-0.2, 0) is 4.79 Å². The average molecular weight is 300 g/mol. The molecule has 5 nitrogen and oxygen atoms in total. The Morgan fingerprint density at radius 1 is 1.09 bits per heavy atom. The maximum atomic E-state index is 11.9. The van der Waals surface area contributed by atoms with Crippen LogP contribution in [0.15, 0.2) is 42.5 Å². The fourth-order valence-electron chi connectivity index (χ4n) is 1.96. The van der Waals surface area contributed by atoms with E-state index in [4.69, 9.17) is 15.2 Å². The molecule has 0 aromatic heterocycles. The van der Waals surface area contributed by atoms with Gasteiger partial charge < -0.3 is 20.5 Å². The molecule has 1 amide bonds. The fourth-order valence-corrected chi connectivity index (χ4v) is 1.96. The minimum atomic E-state index is -0.221. The maximum absolute atomic E-state index is 11.9. The molecular weight excluding hydrogens is 280 g/mol. The van der Waals surface area contributed by atoms with E-state index in [0.717, 1.165) is 17.0 Å². The second-order valence-corrected chi connectivity index (χ2v) is 4.82. The molecule has 5 heteroatoms. The third-order valence-corrected chi connectivity index (χ3v) is 3.03. The fraction of sp³-hybridized carbons (Fsp3) is 0.235. The lowest BCUT2D eigenvalue weighted by Gasteiger charge is -2.10. The van der Waals surface area contributed by atoms with Crippen molar-refractivity contribution in [3.63, 3.8) is 0 Å². The van der Waals surface area contributed by atoms with E-state index in [1.807, 2.05) is 19.9 Å². The summed E-state index contributed by atoms with van der Waals surface area (Å²) in [6.45, 7) is 4.37. The van der Waals surface area contributed by atoms with Gasteiger partial charge in [-0.1, -0.05) is 0 Å². The van der Waals surface area contributed by atoms with E-state index in [9.17, 15) is 4.79 Å². The van der Waals surface area contributed by atoms with Gasteiger partial charge in [0.15, 0.2) is 6.61 Å². The molecule has 0 saturated carbocycles. The van der Waals surface area contributed by atoms with E-state index < -0.39 is 0 Å². The van der Waals surface area contributed by atoms with Crippen LogP contribution in [-0.4, -0.2) is 19.1 Å². The molecule has 3 N–H and O–H groups in total. The number of carbonyl (C=O) groups is 1. The van der Waals surface area contributed by atoms with E-state index in [2.05, 4.69) is 5.32 Å². The van der Waals surface area contributed by atoms with Crippen LogP contribution in [0.4, 0.5) is 11.4 Å². The van der Waals surface area contributed by atoms with Crippen LogP contribution in [0.3, 0.4) is 0 Å². The molecule has 0 aliphatic carbocycles. The summed E-state index contributed by atoms with van der Waals surface area (Å²) in [6.07, 6.45) is 0. The number of hydrogen-bond donors (Lipinski definition) is 2. The Kier molecular flexibility index (Phi) is 5.25. The molecule has 2 aromatic rings. The number of benzene rings is 2. The zero-order chi connectivity index (χ0) is 15.9. The van der Waals surface area contributed by atoms with Crippen LogP contribution in [0.1, 0.15) is 12.5 Å². The number of nitrogens with one attached hydrogen (secondary N) is 1. The molecule has 0 aliphatic rings. The van der Waals surface area contributed by atoms with Crippen molar-refractivity contribution in [1.82, 2.24) is 0 Å². The molecule has 2 aromatic carbocycles. The number of aryl methyl sites for hydroxylation is 1. The van der Waals surface area contributed by atoms with Gasteiger partial charge in [-0.15, -0.1) is 0 Å².